The highest BCUT2D eigenvalue weighted by Crippen LogP contribution is 2.26. The van der Waals surface area contributed by atoms with Crippen LogP contribution in [0.15, 0.2) is 33.6 Å². The van der Waals surface area contributed by atoms with Crippen LogP contribution in [0.1, 0.15) is 17.1 Å². The zero-order valence-electron chi connectivity index (χ0n) is 10.3. The third-order valence-corrected chi connectivity index (χ3v) is 4.69. The molecule has 2 aromatic rings. The molecule has 1 aromatic heterocycles. The van der Waals surface area contributed by atoms with Crippen LogP contribution in [0.4, 0.5) is 5.82 Å². The number of nitrogens with zero attached hydrogens (tertiary/aromatic N) is 2. The molecule has 0 saturated carbocycles. The maximum atomic E-state index is 5.81. The molecule has 94 valence electrons. The first-order chi connectivity index (χ1) is 8.58. The molecule has 0 aliphatic carbocycles. The SMILES string of the molecule is Cc1ccccc1SCc1nc(C)c(Br)c(N)n1. The Kier molecular flexibility index (Phi) is 4.24. The van der Waals surface area contributed by atoms with E-state index >= 15 is 0 Å². The average Bonchev–Trinajstić information content (AvgIpc) is 2.35. The van der Waals surface area contributed by atoms with Crippen molar-refractivity contribution >= 4 is 33.5 Å². The molecular weight excluding hydrogens is 310 g/mol. The number of anilines is 1. The molecule has 0 saturated heterocycles. The summed E-state index contributed by atoms with van der Waals surface area (Å²) in [5, 5.41) is 0. The quantitative estimate of drug-likeness (QED) is 0.874. The van der Waals surface area contributed by atoms with Crippen molar-refractivity contribution in [2.45, 2.75) is 24.5 Å². The van der Waals surface area contributed by atoms with E-state index in [1.165, 1.54) is 10.5 Å². The van der Waals surface area contributed by atoms with E-state index in [4.69, 9.17) is 5.73 Å². The number of rotatable bonds is 3. The summed E-state index contributed by atoms with van der Waals surface area (Å²) in [7, 11) is 0. The number of nitrogens with two attached hydrogens (primary N) is 1. The fourth-order valence-electron chi connectivity index (χ4n) is 1.57. The minimum Gasteiger partial charge on any atom is -0.383 e. The first kappa shape index (κ1) is 13.4. The first-order valence-corrected chi connectivity index (χ1v) is 7.32. The molecule has 0 amide bonds. The molecule has 0 atom stereocenters. The standard InChI is InChI=1S/C13H14BrN3S/c1-8-5-3-4-6-10(8)18-7-11-16-9(2)12(14)13(15)17-11/h3-6H,7H2,1-2H3,(H2,15,16,17). The summed E-state index contributed by atoms with van der Waals surface area (Å²) < 4.78 is 0.784. The molecule has 0 aliphatic rings. The Morgan fingerprint density at radius 2 is 1.94 bits per heavy atom. The molecule has 3 nitrogen and oxygen atoms in total. The lowest BCUT2D eigenvalue weighted by Crippen LogP contribution is -2.02. The number of hydrogen-bond donors (Lipinski definition) is 1. The lowest BCUT2D eigenvalue weighted by Gasteiger charge is -2.07. The Morgan fingerprint density at radius 1 is 1.22 bits per heavy atom. The summed E-state index contributed by atoms with van der Waals surface area (Å²) in [5.41, 5.74) is 7.96. The van der Waals surface area contributed by atoms with Crippen molar-refractivity contribution in [2.24, 2.45) is 0 Å². The van der Waals surface area contributed by atoms with Crippen molar-refractivity contribution in [1.29, 1.82) is 0 Å². The van der Waals surface area contributed by atoms with Crippen LogP contribution in [0.25, 0.3) is 0 Å². The lowest BCUT2D eigenvalue weighted by molar-refractivity contribution is 0.992. The first-order valence-electron chi connectivity index (χ1n) is 5.55. The van der Waals surface area contributed by atoms with E-state index in [1.807, 2.05) is 19.1 Å². The molecule has 2 rings (SSSR count). The van der Waals surface area contributed by atoms with Crippen LogP contribution in [0.2, 0.25) is 0 Å². The highest BCUT2D eigenvalue weighted by Gasteiger charge is 2.07. The molecule has 0 radical (unpaired) electrons. The normalized spacial score (nSPS) is 10.6. The number of aryl methyl sites for hydroxylation is 2. The van der Waals surface area contributed by atoms with Gasteiger partial charge in [0.15, 0.2) is 0 Å². The monoisotopic (exact) mass is 323 g/mol. The smallest absolute Gasteiger partial charge is 0.141 e. The van der Waals surface area contributed by atoms with Crippen molar-refractivity contribution in [3.63, 3.8) is 0 Å². The zero-order chi connectivity index (χ0) is 13.1. The maximum absolute atomic E-state index is 5.81. The molecule has 18 heavy (non-hydrogen) atoms. The highest BCUT2D eigenvalue weighted by atomic mass is 79.9. The van der Waals surface area contributed by atoms with Gasteiger partial charge in [0.25, 0.3) is 0 Å². The van der Waals surface area contributed by atoms with Gasteiger partial charge in [-0.3, -0.25) is 0 Å². The second kappa shape index (κ2) is 5.71. The lowest BCUT2D eigenvalue weighted by atomic mass is 10.2. The number of aromatic nitrogens is 2. The summed E-state index contributed by atoms with van der Waals surface area (Å²) in [6.07, 6.45) is 0. The molecule has 2 N–H and O–H groups in total. The molecular formula is C13H14BrN3S. The van der Waals surface area contributed by atoms with E-state index in [0.717, 1.165) is 21.7 Å². The van der Waals surface area contributed by atoms with Crippen LogP contribution in [0, 0.1) is 13.8 Å². The maximum Gasteiger partial charge on any atom is 0.141 e. The van der Waals surface area contributed by atoms with Crippen LogP contribution in [0.5, 0.6) is 0 Å². The molecule has 1 heterocycles. The second-order valence-electron chi connectivity index (χ2n) is 3.98. The fraction of sp³-hybridized carbons (Fsp3) is 0.231. The van der Waals surface area contributed by atoms with Gasteiger partial charge >= 0.3 is 0 Å². The zero-order valence-corrected chi connectivity index (χ0v) is 12.7. The fourth-order valence-corrected chi connectivity index (χ4v) is 2.63. The van der Waals surface area contributed by atoms with Crippen molar-refractivity contribution in [1.82, 2.24) is 9.97 Å². The van der Waals surface area contributed by atoms with E-state index < -0.39 is 0 Å². The van der Waals surface area contributed by atoms with Gasteiger partial charge in [-0.2, -0.15) is 0 Å². The predicted molar refractivity (Wildman–Crippen MR) is 79.6 cm³/mol. The van der Waals surface area contributed by atoms with Crippen LogP contribution in [-0.4, -0.2) is 9.97 Å². The van der Waals surface area contributed by atoms with Gasteiger partial charge in [-0.1, -0.05) is 18.2 Å². The summed E-state index contributed by atoms with van der Waals surface area (Å²) in [4.78, 5) is 9.95. The summed E-state index contributed by atoms with van der Waals surface area (Å²) in [5.74, 6) is 1.99. The predicted octanol–water partition coefficient (Wildman–Crippen LogP) is 3.73. The van der Waals surface area contributed by atoms with Crippen LogP contribution in [-0.2, 0) is 5.75 Å². The number of thioether (sulfide) groups is 1. The van der Waals surface area contributed by atoms with Gasteiger partial charge in [0.2, 0.25) is 0 Å². The molecule has 0 fully saturated rings. The second-order valence-corrected chi connectivity index (χ2v) is 5.79. The molecule has 0 unspecified atom stereocenters. The van der Waals surface area contributed by atoms with E-state index in [9.17, 15) is 0 Å². The van der Waals surface area contributed by atoms with Crippen LogP contribution in [0.3, 0.4) is 0 Å². The van der Waals surface area contributed by atoms with Crippen LogP contribution < -0.4 is 5.73 Å². The minimum absolute atomic E-state index is 0.503. The highest BCUT2D eigenvalue weighted by molar-refractivity contribution is 9.10. The number of nitrogen functional groups attached to an aromatic ring is 1. The summed E-state index contributed by atoms with van der Waals surface area (Å²) in [6, 6.07) is 8.29. The van der Waals surface area contributed by atoms with Gasteiger partial charge in [0.1, 0.15) is 11.6 Å². The van der Waals surface area contributed by atoms with E-state index in [2.05, 4.69) is 45.0 Å². The van der Waals surface area contributed by atoms with Crippen molar-refractivity contribution < 1.29 is 0 Å². The Hall–Kier alpha value is -1.07. The van der Waals surface area contributed by atoms with Gasteiger partial charge in [0, 0.05) is 4.90 Å². The van der Waals surface area contributed by atoms with Gasteiger partial charge in [-0.05, 0) is 41.4 Å². The number of benzene rings is 1. The topological polar surface area (TPSA) is 51.8 Å². The number of hydrogen-bond acceptors (Lipinski definition) is 4. The Balaban J connectivity index is 2.14. The molecule has 0 bridgehead atoms. The van der Waals surface area contributed by atoms with Crippen LogP contribution >= 0.6 is 27.7 Å². The van der Waals surface area contributed by atoms with Gasteiger partial charge in [0.05, 0.1) is 15.9 Å². The van der Waals surface area contributed by atoms with E-state index in [-0.39, 0.29) is 0 Å². The van der Waals surface area contributed by atoms with E-state index in [1.54, 1.807) is 11.8 Å². The molecule has 1 aromatic carbocycles. The molecule has 0 spiro atoms. The summed E-state index contributed by atoms with van der Waals surface area (Å²) in [6.45, 7) is 4.02. The van der Waals surface area contributed by atoms with Gasteiger partial charge in [-0.25, -0.2) is 9.97 Å². The van der Waals surface area contributed by atoms with Gasteiger partial charge in [-0.15, -0.1) is 11.8 Å². The van der Waals surface area contributed by atoms with Gasteiger partial charge < -0.3 is 5.73 Å². The Bertz CT molecular complexity index is 549. The molecule has 5 heteroatoms. The third kappa shape index (κ3) is 3.03. The molecule has 0 aliphatic heterocycles. The van der Waals surface area contributed by atoms with Crippen molar-refractivity contribution in [3.05, 3.63) is 45.8 Å². The van der Waals surface area contributed by atoms with Crippen molar-refractivity contribution in [3.8, 4) is 0 Å². The van der Waals surface area contributed by atoms with Crippen molar-refractivity contribution in [2.75, 3.05) is 5.73 Å². The Morgan fingerprint density at radius 3 is 2.61 bits per heavy atom. The largest absolute Gasteiger partial charge is 0.383 e. The summed E-state index contributed by atoms with van der Waals surface area (Å²) >= 11 is 5.09. The number of halogens is 1. The van der Waals surface area contributed by atoms with E-state index in [0.29, 0.717) is 5.82 Å². The third-order valence-electron chi connectivity index (χ3n) is 2.54. The minimum atomic E-state index is 0.503. The Labute approximate surface area is 119 Å². The average molecular weight is 324 g/mol.